The summed E-state index contributed by atoms with van der Waals surface area (Å²) in [5.74, 6) is 1.03. The van der Waals surface area contributed by atoms with E-state index in [9.17, 15) is 9.59 Å². The molecule has 6 nitrogen and oxygen atoms in total. The van der Waals surface area contributed by atoms with Crippen LogP contribution >= 0.6 is 22.7 Å². The van der Waals surface area contributed by atoms with Crippen molar-refractivity contribution in [1.29, 1.82) is 0 Å². The van der Waals surface area contributed by atoms with Crippen LogP contribution < -0.4 is 10.6 Å². The van der Waals surface area contributed by atoms with Gasteiger partial charge in [-0.1, -0.05) is 6.07 Å². The zero-order valence-corrected chi connectivity index (χ0v) is 16.1. The number of carbonyl (C=O) groups is 2. The lowest BCUT2D eigenvalue weighted by atomic mass is 10.1. The van der Waals surface area contributed by atoms with Crippen molar-refractivity contribution >= 4 is 34.5 Å². The van der Waals surface area contributed by atoms with E-state index in [2.05, 4.69) is 15.6 Å². The number of aryl methyl sites for hydroxylation is 1. The maximum absolute atomic E-state index is 12.3. The molecule has 0 fully saturated rings. The maximum atomic E-state index is 12.3. The van der Waals surface area contributed by atoms with E-state index in [4.69, 9.17) is 4.42 Å². The Bertz CT molecular complexity index is 883. The fraction of sp³-hybridized carbons (Fsp3) is 0.278. The molecule has 3 aromatic rings. The van der Waals surface area contributed by atoms with Gasteiger partial charge < -0.3 is 15.1 Å². The van der Waals surface area contributed by atoms with Gasteiger partial charge in [0.25, 0.3) is 0 Å². The quantitative estimate of drug-likeness (QED) is 0.646. The van der Waals surface area contributed by atoms with Gasteiger partial charge in [0.2, 0.25) is 11.8 Å². The minimum absolute atomic E-state index is 0.153. The van der Waals surface area contributed by atoms with E-state index in [-0.39, 0.29) is 24.3 Å². The summed E-state index contributed by atoms with van der Waals surface area (Å²) in [6.45, 7) is 3.68. The van der Waals surface area contributed by atoms with Crippen LogP contribution in [0, 0.1) is 6.92 Å². The molecule has 0 saturated carbocycles. The first kappa shape index (κ1) is 18.3. The lowest BCUT2D eigenvalue weighted by molar-refractivity contribution is -0.123. The third-order valence-electron chi connectivity index (χ3n) is 3.65. The second-order valence-corrected chi connectivity index (χ2v) is 7.81. The molecule has 26 heavy (non-hydrogen) atoms. The molecule has 0 radical (unpaired) electrons. The van der Waals surface area contributed by atoms with Crippen molar-refractivity contribution in [3.8, 4) is 11.5 Å². The summed E-state index contributed by atoms with van der Waals surface area (Å²) in [6.07, 6.45) is 0.180. The summed E-state index contributed by atoms with van der Waals surface area (Å²) in [6, 6.07) is 7.17. The molecule has 0 spiro atoms. The zero-order valence-electron chi connectivity index (χ0n) is 14.4. The summed E-state index contributed by atoms with van der Waals surface area (Å²) in [4.78, 5) is 29.0. The van der Waals surface area contributed by atoms with Crippen LogP contribution in [0.2, 0.25) is 0 Å². The fourth-order valence-corrected chi connectivity index (χ4v) is 3.87. The Morgan fingerprint density at radius 2 is 2.12 bits per heavy atom. The zero-order chi connectivity index (χ0) is 18.5. The van der Waals surface area contributed by atoms with Gasteiger partial charge in [0.15, 0.2) is 5.76 Å². The topological polar surface area (TPSA) is 84.2 Å². The van der Waals surface area contributed by atoms with E-state index in [0.717, 1.165) is 15.6 Å². The largest absolute Gasteiger partial charge is 0.458 e. The highest BCUT2D eigenvalue weighted by molar-refractivity contribution is 7.10. The van der Waals surface area contributed by atoms with Crippen LogP contribution in [0.25, 0.3) is 11.5 Å². The van der Waals surface area contributed by atoms with E-state index in [1.807, 2.05) is 41.9 Å². The molecule has 1 atom stereocenters. The van der Waals surface area contributed by atoms with Gasteiger partial charge in [0.05, 0.1) is 24.0 Å². The monoisotopic (exact) mass is 389 g/mol. The predicted molar refractivity (Wildman–Crippen MR) is 102 cm³/mol. The van der Waals surface area contributed by atoms with E-state index in [0.29, 0.717) is 18.1 Å². The molecular formula is C18H19N3O3S2. The maximum Gasteiger partial charge on any atom is 0.222 e. The number of nitrogens with zero attached hydrogens (tertiary/aromatic N) is 1. The molecule has 3 rings (SSSR count). The summed E-state index contributed by atoms with van der Waals surface area (Å²) < 4.78 is 5.74. The molecule has 0 aromatic carbocycles. The predicted octanol–water partition coefficient (Wildman–Crippen LogP) is 3.66. The van der Waals surface area contributed by atoms with Gasteiger partial charge in [-0.25, -0.2) is 4.98 Å². The highest BCUT2D eigenvalue weighted by Gasteiger charge is 2.18. The average molecular weight is 390 g/mol. The van der Waals surface area contributed by atoms with Crippen molar-refractivity contribution in [2.24, 2.45) is 0 Å². The first-order valence-electron chi connectivity index (χ1n) is 8.09. The Morgan fingerprint density at radius 1 is 1.27 bits per heavy atom. The van der Waals surface area contributed by atoms with Crippen LogP contribution in [0.4, 0.5) is 0 Å². The molecule has 2 amide bonds. The number of thiophene rings is 1. The molecule has 0 aliphatic heterocycles. The van der Waals surface area contributed by atoms with Crippen molar-refractivity contribution in [1.82, 2.24) is 15.6 Å². The smallest absolute Gasteiger partial charge is 0.222 e. The minimum atomic E-state index is -0.322. The number of furan rings is 1. The first-order chi connectivity index (χ1) is 12.5. The molecule has 0 aliphatic carbocycles. The Labute approximate surface area is 159 Å². The number of hydrogen-bond acceptors (Lipinski definition) is 6. The van der Waals surface area contributed by atoms with Gasteiger partial charge in [-0.05, 0) is 30.5 Å². The van der Waals surface area contributed by atoms with Gasteiger partial charge in [-0.15, -0.1) is 22.7 Å². The van der Waals surface area contributed by atoms with Gasteiger partial charge in [-0.2, -0.15) is 0 Å². The van der Waals surface area contributed by atoms with Gasteiger partial charge in [-0.3, -0.25) is 9.59 Å². The summed E-state index contributed by atoms with van der Waals surface area (Å²) >= 11 is 3.08. The molecule has 136 valence electrons. The van der Waals surface area contributed by atoms with Crippen molar-refractivity contribution < 1.29 is 14.0 Å². The summed E-state index contributed by atoms with van der Waals surface area (Å²) in [5, 5.41) is 10.5. The van der Waals surface area contributed by atoms with Crippen molar-refractivity contribution in [2.75, 3.05) is 0 Å². The average Bonchev–Trinajstić information content (AvgIpc) is 3.33. The number of amides is 2. The first-order valence-corrected chi connectivity index (χ1v) is 9.85. The van der Waals surface area contributed by atoms with E-state index >= 15 is 0 Å². The van der Waals surface area contributed by atoms with E-state index in [1.165, 1.54) is 18.3 Å². The normalized spacial score (nSPS) is 11.9. The lowest BCUT2D eigenvalue weighted by Gasteiger charge is -2.16. The summed E-state index contributed by atoms with van der Waals surface area (Å²) in [5.41, 5.74) is 0.800. The Balaban J connectivity index is 1.56. The van der Waals surface area contributed by atoms with Crippen LogP contribution in [0.3, 0.4) is 0 Å². The molecule has 0 saturated heterocycles. The van der Waals surface area contributed by atoms with E-state index in [1.54, 1.807) is 11.3 Å². The van der Waals surface area contributed by atoms with Crippen LogP contribution in [0.5, 0.6) is 0 Å². The molecule has 2 N–H and O–H groups in total. The SMILES string of the molecule is CC(=O)NC(CC(=O)NCc1ccc(-c2csc(C)n2)o1)c1cccs1. The van der Waals surface area contributed by atoms with Crippen LogP contribution in [-0.2, 0) is 16.1 Å². The molecule has 0 aliphatic rings. The van der Waals surface area contributed by atoms with Gasteiger partial charge in [0.1, 0.15) is 11.5 Å². The molecule has 3 heterocycles. The highest BCUT2D eigenvalue weighted by Crippen LogP contribution is 2.24. The Kier molecular flexibility index (Phi) is 5.85. The lowest BCUT2D eigenvalue weighted by Crippen LogP contribution is -2.32. The van der Waals surface area contributed by atoms with Crippen molar-refractivity contribution in [3.63, 3.8) is 0 Å². The van der Waals surface area contributed by atoms with Crippen molar-refractivity contribution in [2.45, 2.75) is 32.9 Å². The number of carbonyl (C=O) groups excluding carboxylic acids is 2. The van der Waals surface area contributed by atoms with Crippen molar-refractivity contribution in [3.05, 3.63) is 50.7 Å². The van der Waals surface area contributed by atoms with Gasteiger partial charge >= 0.3 is 0 Å². The van der Waals surface area contributed by atoms with Crippen LogP contribution in [0.15, 0.2) is 39.4 Å². The Morgan fingerprint density at radius 3 is 2.77 bits per heavy atom. The van der Waals surface area contributed by atoms with Crippen LogP contribution in [-0.4, -0.2) is 16.8 Å². The minimum Gasteiger partial charge on any atom is -0.458 e. The molecule has 8 heteroatoms. The standard InChI is InChI=1S/C18H19N3O3S2/c1-11(22)20-14(17-4-3-7-25-17)8-18(23)19-9-13-5-6-16(24-13)15-10-26-12(2)21-15/h3-7,10,14H,8-9H2,1-2H3,(H,19,23)(H,20,22). The third-order valence-corrected chi connectivity index (χ3v) is 5.41. The molecule has 0 bridgehead atoms. The Hall–Kier alpha value is -2.45. The van der Waals surface area contributed by atoms with E-state index < -0.39 is 0 Å². The summed E-state index contributed by atoms with van der Waals surface area (Å²) in [7, 11) is 0. The third kappa shape index (κ3) is 4.80. The number of aromatic nitrogens is 1. The fourth-order valence-electron chi connectivity index (χ4n) is 2.49. The second-order valence-electron chi connectivity index (χ2n) is 5.77. The molecule has 1 unspecified atom stereocenters. The van der Waals surface area contributed by atoms with Crippen LogP contribution in [0.1, 0.15) is 35.0 Å². The second kappa shape index (κ2) is 8.29. The number of nitrogens with one attached hydrogen (secondary N) is 2. The number of rotatable bonds is 7. The molecule has 3 aromatic heterocycles. The highest BCUT2D eigenvalue weighted by atomic mass is 32.1. The van der Waals surface area contributed by atoms with Gasteiger partial charge in [0, 0.05) is 17.2 Å². The number of thiazole rings is 1. The molecular weight excluding hydrogens is 370 g/mol. The number of hydrogen-bond donors (Lipinski definition) is 2.